The summed E-state index contributed by atoms with van der Waals surface area (Å²) < 4.78 is 0. The Morgan fingerprint density at radius 2 is 2.24 bits per heavy atom. The number of nitrogens with two attached hydrogens (primary N) is 1. The molecule has 0 fully saturated rings. The zero-order valence-corrected chi connectivity index (χ0v) is 11.0. The van der Waals surface area contributed by atoms with Crippen LogP contribution in [0.4, 0.5) is 5.69 Å². The van der Waals surface area contributed by atoms with Gasteiger partial charge in [-0.25, -0.2) is 4.98 Å². The van der Waals surface area contributed by atoms with Crippen LogP contribution in [-0.4, -0.2) is 29.1 Å². The molecule has 1 aromatic heterocycles. The first-order valence-corrected chi connectivity index (χ1v) is 5.75. The SMILES string of the molecule is CC.Cc1nc(Cl)cc(C(=O)NCCO)c1N.[HH]. The molecule has 0 atom stereocenters. The largest absolute Gasteiger partial charge is 0.397 e. The molecule has 5 nitrogen and oxygen atoms in total. The molecule has 0 aromatic carbocycles. The maximum absolute atomic E-state index is 11.5. The van der Waals surface area contributed by atoms with Gasteiger partial charge in [0.05, 0.1) is 23.6 Å². The topological polar surface area (TPSA) is 88.2 Å². The van der Waals surface area contributed by atoms with Crippen molar-refractivity contribution in [2.24, 2.45) is 0 Å². The standard InChI is InChI=1S/C9H12ClN3O2.C2H6.H2/c1-5-8(11)6(4-7(10)13-5)9(15)12-2-3-14;1-2;/h4,14H,2-3,11H2,1H3,(H,12,15);1-2H3;1H. The Balaban J connectivity index is 0. The number of aryl methyl sites for hydroxylation is 1. The smallest absolute Gasteiger partial charge is 0.253 e. The minimum atomic E-state index is -0.367. The minimum absolute atomic E-state index is 0. The molecule has 17 heavy (non-hydrogen) atoms. The van der Waals surface area contributed by atoms with Crippen molar-refractivity contribution in [3.63, 3.8) is 0 Å². The number of anilines is 1. The zero-order valence-electron chi connectivity index (χ0n) is 10.2. The van der Waals surface area contributed by atoms with E-state index >= 15 is 0 Å². The highest BCUT2D eigenvalue weighted by Gasteiger charge is 2.12. The lowest BCUT2D eigenvalue weighted by atomic mass is 10.1. The Morgan fingerprint density at radius 1 is 1.65 bits per heavy atom. The van der Waals surface area contributed by atoms with E-state index in [2.05, 4.69) is 10.3 Å². The molecule has 98 valence electrons. The van der Waals surface area contributed by atoms with Crippen LogP contribution >= 0.6 is 11.6 Å². The van der Waals surface area contributed by atoms with Crippen LogP contribution in [0.15, 0.2) is 6.07 Å². The van der Waals surface area contributed by atoms with E-state index in [1.165, 1.54) is 6.07 Å². The van der Waals surface area contributed by atoms with Crippen LogP contribution in [0.5, 0.6) is 0 Å². The maximum atomic E-state index is 11.5. The maximum Gasteiger partial charge on any atom is 0.253 e. The van der Waals surface area contributed by atoms with Gasteiger partial charge in [-0.05, 0) is 13.0 Å². The number of hydrogen-bond donors (Lipinski definition) is 3. The molecule has 6 heteroatoms. The van der Waals surface area contributed by atoms with E-state index in [1.807, 2.05) is 13.8 Å². The molecular formula is C11H20ClN3O2. The number of nitrogens with zero attached hydrogens (tertiary/aromatic N) is 1. The minimum Gasteiger partial charge on any atom is -0.397 e. The number of aliphatic hydroxyl groups is 1. The second kappa shape index (κ2) is 7.86. The van der Waals surface area contributed by atoms with Crippen molar-refractivity contribution < 1.29 is 11.3 Å². The summed E-state index contributed by atoms with van der Waals surface area (Å²) >= 11 is 5.70. The van der Waals surface area contributed by atoms with Gasteiger partial charge in [-0.2, -0.15) is 0 Å². The van der Waals surface area contributed by atoms with Crippen molar-refractivity contribution in [3.05, 3.63) is 22.5 Å². The Labute approximate surface area is 107 Å². The van der Waals surface area contributed by atoms with Gasteiger partial charge in [-0.15, -0.1) is 0 Å². The molecule has 0 saturated heterocycles. The monoisotopic (exact) mass is 261 g/mol. The van der Waals surface area contributed by atoms with E-state index < -0.39 is 0 Å². The summed E-state index contributed by atoms with van der Waals surface area (Å²) in [6, 6.07) is 1.40. The van der Waals surface area contributed by atoms with Gasteiger partial charge in [0.15, 0.2) is 0 Å². The normalized spacial score (nSPS) is 9.24. The van der Waals surface area contributed by atoms with Crippen molar-refractivity contribution in [1.29, 1.82) is 0 Å². The van der Waals surface area contributed by atoms with E-state index in [4.69, 9.17) is 22.4 Å². The number of rotatable bonds is 3. The van der Waals surface area contributed by atoms with Crippen LogP contribution in [0, 0.1) is 6.92 Å². The summed E-state index contributed by atoms with van der Waals surface area (Å²) in [5.74, 6) is -0.367. The first-order chi connectivity index (χ1) is 8.06. The third kappa shape index (κ3) is 4.58. The fourth-order valence-corrected chi connectivity index (χ4v) is 1.33. The molecule has 0 aliphatic rings. The molecule has 0 radical (unpaired) electrons. The number of aliphatic hydroxyl groups excluding tert-OH is 1. The number of nitrogen functional groups attached to an aromatic ring is 1. The number of carbonyl (C=O) groups excluding carboxylic acids is 1. The van der Waals surface area contributed by atoms with Gasteiger partial charge < -0.3 is 16.2 Å². The molecule has 0 spiro atoms. The first kappa shape index (κ1) is 15.7. The van der Waals surface area contributed by atoms with Crippen LogP contribution in [0.1, 0.15) is 31.3 Å². The fourth-order valence-electron chi connectivity index (χ4n) is 1.10. The average molecular weight is 262 g/mol. The van der Waals surface area contributed by atoms with E-state index in [9.17, 15) is 4.79 Å². The second-order valence-electron chi connectivity index (χ2n) is 2.97. The molecule has 4 N–H and O–H groups in total. The summed E-state index contributed by atoms with van der Waals surface area (Å²) in [6.07, 6.45) is 0. The number of amides is 1. The Hall–Kier alpha value is -1.33. The summed E-state index contributed by atoms with van der Waals surface area (Å²) in [4.78, 5) is 15.4. The lowest BCUT2D eigenvalue weighted by Gasteiger charge is -2.08. The lowest BCUT2D eigenvalue weighted by molar-refractivity contribution is 0.0945. The predicted molar refractivity (Wildman–Crippen MR) is 71.3 cm³/mol. The average Bonchev–Trinajstić information content (AvgIpc) is 2.33. The van der Waals surface area contributed by atoms with Crippen molar-refractivity contribution in [2.75, 3.05) is 18.9 Å². The van der Waals surface area contributed by atoms with Gasteiger partial charge >= 0.3 is 0 Å². The number of halogens is 1. The highest BCUT2D eigenvalue weighted by atomic mass is 35.5. The van der Waals surface area contributed by atoms with Gasteiger partial charge in [0.25, 0.3) is 5.91 Å². The Morgan fingerprint density at radius 3 is 2.76 bits per heavy atom. The lowest BCUT2D eigenvalue weighted by Crippen LogP contribution is -2.27. The highest BCUT2D eigenvalue weighted by Crippen LogP contribution is 2.19. The quantitative estimate of drug-likeness (QED) is 0.722. The first-order valence-electron chi connectivity index (χ1n) is 5.38. The van der Waals surface area contributed by atoms with Crippen LogP contribution in [0.3, 0.4) is 0 Å². The summed E-state index contributed by atoms with van der Waals surface area (Å²) in [5.41, 5.74) is 6.77. The third-order valence-corrected chi connectivity index (χ3v) is 2.05. The molecular weight excluding hydrogens is 242 g/mol. The summed E-state index contributed by atoms with van der Waals surface area (Å²) in [6.45, 7) is 5.73. The molecule has 1 aromatic rings. The van der Waals surface area contributed by atoms with Gasteiger partial charge in [-0.1, -0.05) is 25.4 Å². The number of pyridine rings is 1. The van der Waals surface area contributed by atoms with E-state index in [1.54, 1.807) is 6.92 Å². The Bertz CT molecular complexity index is 389. The van der Waals surface area contributed by atoms with E-state index in [-0.39, 0.29) is 31.2 Å². The molecule has 0 aliphatic carbocycles. The molecule has 0 unspecified atom stereocenters. The van der Waals surface area contributed by atoms with E-state index in [0.717, 1.165) is 0 Å². The van der Waals surface area contributed by atoms with Crippen molar-refractivity contribution in [1.82, 2.24) is 10.3 Å². The number of aromatic nitrogens is 1. The number of nitrogens with one attached hydrogen (secondary N) is 1. The van der Waals surface area contributed by atoms with Crippen molar-refractivity contribution in [2.45, 2.75) is 20.8 Å². The molecule has 1 heterocycles. The zero-order chi connectivity index (χ0) is 13.4. The molecule has 0 bridgehead atoms. The molecule has 1 rings (SSSR count). The van der Waals surface area contributed by atoms with Crippen molar-refractivity contribution in [3.8, 4) is 0 Å². The van der Waals surface area contributed by atoms with Gasteiger partial charge in [0.1, 0.15) is 5.15 Å². The fraction of sp³-hybridized carbons (Fsp3) is 0.455. The third-order valence-electron chi connectivity index (χ3n) is 1.86. The highest BCUT2D eigenvalue weighted by molar-refractivity contribution is 6.30. The van der Waals surface area contributed by atoms with Gasteiger partial charge in [0, 0.05) is 7.97 Å². The van der Waals surface area contributed by atoms with Crippen LogP contribution in [0.2, 0.25) is 5.15 Å². The Kier molecular flexibility index (Phi) is 7.25. The summed E-state index contributed by atoms with van der Waals surface area (Å²) in [5, 5.41) is 11.3. The van der Waals surface area contributed by atoms with Crippen LogP contribution in [-0.2, 0) is 0 Å². The molecule has 1 amide bonds. The predicted octanol–water partition coefficient (Wildman–Crippen LogP) is 1.62. The molecule has 0 aliphatic heterocycles. The van der Waals surface area contributed by atoms with Crippen LogP contribution in [0.25, 0.3) is 0 Å². The van der Waals surface area contributed by atoms with E-state index in [0.29, 0.717) is 11.4 Å². The van der Waals surface area contributed by atoms with Gasteiger partial charge in [0.2, 0.25) is 0 Å². The number of carbonyl (C=O) groups is 1. The second-order valence-corrected chi connectivity index (χ2v) is 3.36. The van der Waals surface area contributed by atoms with Crippen LogP contribution < -0.4 is 11.1 Å². The van der Waals surface area contributed by atoms with Crippen molar-refractivity contribution >= 4 is 23.2 Å². The molecule has 0 saturated carbocycles. The summed E-state index contributed by atoms with van der Waals surface area (Å²) in [7, 11) is 0. The number of hydrogen-bond acceptors (Lipinski definition) is 4. The van der Waals surface area contributed by atoms with Gasteiger partial charge in [-0.3, -0.25) is 4.79 Å².